The van der Waals surface area contributed by atoms with Gasteiger partial charge in [0, 0.05) is 44.3 Å². The second-order valence-corrected chi connectivity index (χ2v) is 11.0. The molecule has 1 aromatic carbocycles. The molecule has 172 valence electrons. The summed E-state index contributed by atoms with van der Waals surface area (Å²) in [7, 11) is -3.84. The van der Waals surface area contributed by atoms with Gasteiger partial charge in [0.1, 0.15) is 0 Å². The second kappa shape index (κ2) is 9.88. The van der Waals surface area contributed by atoms with E-state index in [0.717, 1.165) is 12.8 Å². The number of piperazine rings is 1. The minimum atomic E-state index is -3.84. The fourth-order valence-corrected chi connectivity index (χ4v) is 6.90. The second-order valence-electron chi connectivity index (χ2n) is 8.29. The third-order valence-corrected chi connectivity index (χ3v) is 9.33. The molecule has 2 fully saturated rings. The molecule has 0 bridgehead atoms. The molecule has 1 aromatic rings. The number of hydrogen-bond acceptors (Lipinski definition) is 5. The molecule has 1 aliphatic heterocycles. The van der Waals surface area contributed by atoms with Crippen LogP contribution in [0.4, 0.5) is 0 Å². The van der Waals surface area contributed by atoms with E-state index >= 15 is 0 Å². The minimum absolute atomic E-state index is 0.0855. The number of rotatable bonds is 7. The van der Waals surface area contributed by atoms with E-state index in [1.807, 2.05) is 18.7 Å². The molecule has 1 saturated heterocycles. The first kappa shape index (κ1) is 24.0. The summed E-state index contributed by atoms with van der Waals surface area (Å²) in [5.41, 5.74) is 0. The molecule has 0 radical (unpaired) electrons. The molecular formula is C22H32ClN3O4S. The van der Waals surface area contributed by atoms with Crippen molar-refractivity contribution in [1.29, 1.82) is 0 Å². The summed E-state index contributed by atoms with van der Waals surface area (Å²) in [6.45, 7) is 7.60. The molecule has 0 N–H and O–H groups in total. The molecule has 0 unspecified atom stereocenters. The molecule has 2 amide bonds. The summed E-state index contributed by atoms with van der Waals surface area (Å²) in [5.74, 6) is -0.211. The molecule has 0 atom stereocenters. The van der Waals surface area contributed by atoms with Gasteiger partial charge in [-0.3, -0.25) is 14.5 Å². The van der Waals surface area contributed by atoms with Crippen LogP contribution in [0.1, 0.15) is 39.5 Å². The number of hydrogen-bond donors (Lipinski definition) is 0. The maximum absolute atomic E-state index is 13.6. The lowest BCUT2D eigenvalue weighted by molar-refractivity contribution is -0.136. The van der Waals surface area contributed by atoms with Crippen molar-refractivity contribution in [3.8, 4) is 0 Å². The molecule has 1 saturated carbocycles. The zero-order chi connectivity index (χ0) is 22.6. The molecule has 1 aliphatic carbocycles. The Bertz CT molecular complexity index is 886. The standard InChI is InChI=1S/C22H32ClN3O4S/c1-3-25(4-2)20(27)17-24-13-15-26(16-14-24)21(28)22(11-5-6-12-22)31(29,30)19-9-7-18(23)8-10-19/h7-10H,3-6,11-17H2,1-2H3. The minimum Gasteiger partial charge on any atom is -0.342 e. The average Bonchev–Trinajstić information content (AvgIpc) is 3.27. The van der Waals surface area contributed by atoms with Crippen molar-refractivity contribution in [2.75, 3.05) is 45.8 Å². The van der Waals surface area contributed by atoms with Crippen LogP contribution in [-0.4, -0.2) is 85.5 Å². The van der Waals surface area contributed by atoms with Gasteiger partial charge in [-0.1, -0.05) is 24.4 Å². The molecular weight excluding hydrogens is 438 g/mol. The third-order valence-electron chi connectivity index (χ3n) is 6.57. The molecule has 1 heterocycles. The number of likely N-dealkylation sites (N-methyl/N-ethyl adjacent to an activating group) is 1. The SMILES string of the molecule is CCN(CC)C(=O)CN1CCN(C(=O)C2(S(=O)(=O)c3ccc(Cl)cc3)CCCC2)CC1. The van der Waals surface area contributed by atoms with Crippen LogP contribution in [0.5, 0.6) is 0 Å². The Labute approximate surface area is 190 Å². The maximum Gasteiger partial charge on any atom is 0.244 e. The van der Waals surface area contributed by atoms with E-state index in [4.69, 9.17) is 11.6 Å². The van der Waals surface area contributed by atoms with Gasteiger partial charge in [0.05, 0.1) is 11.4 Å². The van der Waals surface area contributed by atoms with Crippen molar-refractivity contribution in [3.63, 3.8) is 0 Å². The summed E-state index contributed by atoms with van der Waals surface area (Å²) in [6.07, 6.45) is 2.13. The predicted octanol–water partition coefficient (Wildman–Crippen LogP) is 2.44. The van der Waals surface area contributed by atoms with Crippen LogP contribution in [-0.2, 0) is 19.4 Å². The van der Waals surface area contributed by atoms with Crippen LogP contribution in [0.3, 0.4) is 0 Å². The van der Waals surface area contributed by atoms with Gasteiger partial charge in [-0.15, -0.1) is 0 Å². The first-order valence-corrected chi connectivity index (χ1v) is 12.9. The van der Waals surface area contributed by atoms with E-state index in [9.17, 15) is 18.0 Å². The lowest BCUT2D eigenvalue weighted by Gasteiger charge is -2.39. The Morgan fingerprint density at radius 1 is 1.00 bits per heavy atom. The van der Waals surface area contributed by atoms with E-state index in [-0.39, 0.29) is 16.7 Å². The summed E-state index contributed by atoms with van der Waals surface area (Å²) in [5, 5.41) is 0.459. The lowest BCUT2D eigenvalue weighted by atomic mass is 10.0. The molecule has 9 heteroatoms. The van der Waals surface area contributed by atoms with Gasteiger partial charge >= 0.3 is 0 Å². The van der Waals surface area contributed by atoms with Crippen LogP contribution in [0, 0.1) is 0 Å². The Morgan fingerprint density at radius 3 is 2.06 bits per heavy atom. The van der Waals surface area contributed by atoms with Crippen molar-refractivity contribution in [2.45, 2.75) is 49.2 Å². The van der Waals surface area contributed by atoms with Crippen LogP contribution in [0.25, 0.3) is 0 Å². The van der Waals surface area contributed by atoms with Crippen LogP contribution in [0.15, 0.2) is 29.2 Å². The van der Waals surface area contributed by atoms with E-state index in [1.165, 1.54) is 12.1 Å². The number of carbonyl (C=O) groups is 2. The van der Waals surface area contributed by atoms with E-state index in [1.54, 1.807) is 21.9 Å². The molecule has 0 aromatic heterocycles. The van der Waals surface area contributed by atoms with E-state index < -0.39 is 14.6 Å². The Kier molecular flexibility index (Phi) is 7.65. The van der Waals surface area contributed by atoms with Crippen molar-refractivity contribution < 1.29 is 18.0 Å². The summed E-state index contributed by atoms with van der Waals surface area (Å²) >= 11 is 5.93. The molecule has 0 spiro atoms. The Hall–Kier alpha value is -1.64. The maximum atomic E-state index is 13.6. The predicted molar refractivity (Wildman–Crippen MR) is 121 cm³/mol. The van der Waals surface area contributed by atoms with Gasteiger partial charge in [0.15, 0.2) is 14.6 Å². The van der Waals surface area contributed by atoms with Crippen LogP contribution in [0.2, 0.25) is 5.02 Å². The Morgan fingerprint density at radius 2 is 1.55 bits per heavy atom. The fourth-order valence-electron chi connectivity index (χ4n) is 4.65. The quantitative estimate of drug-likeness (QED) is 0.613. The van der Waals surface area contributed by atoms with E-state index in [0.29, 0.717) is 63.7 Å². The van der Waals surface area contributed by atoms with Gasteiger partial charge in [0.2, 0.25) is 11.8 Å². The van der Waals surface area contributed by atoms with Gasteiger partial charge in [-0.05, 0) is 51.0 Å². The summed E-state index contributed by atoms with van der Waals surface area (Å²) < 4.78 is 25.7. The number of amides is 2. The highest BCUT2D eigenvalue weighted by Gasteiger charge is 2.54. The average molecular weight is 470 g/mol. The van der Waals surface area contributed by atoms with Gasteiger partial charge in [-0.2, -0.15) is 0 Å². The molecule has 2 aliphatic rings. The number of benzene rings is 1. The molecule has 31 heavy (non-hydrogen) atoms. The number of nitrogens with zero attached hydrogens (tertiary/aromatic N) is 3. The summed E-state index contributed by atoms with van der Waals surface area (Å²) in [6, 6.07) is 6.07. The van der Waals surface area contributed by atoms with Gasteiger partial charge in [-0.25, -0.2) is 8.42 Å². The number of carbonyl (C=O) groups excluding carboxylic acids is 2. The molecule has 3 rings (SSSR count). The first-order chi connectivity index (χ1) is 14.7. The van der Waals surface area contributed by atoms with Crippen molar-refractivity contribution >= 4 is 33.3 Å². The largest absolute Gasteiger partial charge is 0.342 e. The highest BCUT2D eigenvalue weighted by Crippen LogP contribution is 2.42. The lowest BCUT2D eigenvalue weighted by Crippen LogP contribution is -2.58. The van der Waals surface area contributed by atoms with Gasteiger partial charge < -0.3 is 9.80 Å². The number of halogens is 1. The highest BCUT2D eigenvalue weighted by molar-refractivity contribution is 7.93. The zero-order valence-electron chi connectivity index (χ0n) is 18.3. The zero-order valence-corrected chi connectivity index (χ0v) is 19.9. The third kappa shape index (κ3) is 4.76. The molecule has 7 nitrogen and oxygen atoms in total. The van der Waals surface area contributed by atoms with E-state index in [2.05, 4.69) is 0 Å². The number of sulfone groups is 1. The monoisotopic (exact) mass is 469 g/mol. The smallest absolute Gasteiger partial charge is 0.244 e. The Balaban J connectivity index is 1.72. The van der Waals surface area contributed by atoms with Crippen molar-refractivity contribution in [1.82, 2.24) is 14.7 Å². The fraction of sp³-hybridized carbons (Fsp3) is 0.636. The van der Waals surface area contributed by atoms with Crippen LogP contribution < -0.4 is 0 Å². The van der Waals surface area contributed by atoms with Gasteiger partial charge in [0.25, 0.3) is 0 Å². The normalized spacial score (nSPS) is 19.4. The van der Waals surface area contributed by atoms with Crippen molar-refractivity contribution in [2.24, 2.45) is 0 Å². The first-order valence-electron chi connectivity index (χ1n) is 11.0. The highest BCUT2D eigenvalue weighted by atomic mass is 35.5. The van der Waals surface area contributed by atoms with Crippen LogP contribution >= 0.6 is 11.6 Å². The topological polar surface area (TPSA) is 78.0 Å². The summed E-state index contributed by atoms with van der Waals surface area (Å²) in [4.78, 5) is 31.6. The van der Waals surface area contributed by atoms with Crippen molar-refractivity contribution in [3.05, 3.63) is 29.3 Å².